The van der Waals surface area contributed by atoms with Crippen LogP contribution in [0.2, 0.25) is 0 Å². The summed E-state index contributed by atoms with van der Waals surface area (Å²) in [7, 11) is 0. The second kappa shape index (κ2) is 7.75. The highest BCUT2D eigenvalue weighted by Gasteiger charge is 2.38. The van der Waals surface area contributed by atoms with Crippen molar-refractivity contribution >= 4 is 6.08 Å². The van der Waals surface area contributed by atoms with Crippen LogP contribution in [0.5, 0.6) is 0 Å². The maximum absolute atomic E-state index is 2.34. The average Bonchev–Trinajstić information content (AvgIpc) is 3.10. The molecule has 2 aliphatic rings. The summed E-state index contributed by atoms with van der Waals surface area (Å²) in [5.74, 6) is 0. The lowest BCUT2D eigenvalue weighted by Crippen LogP contribution is -3.28. The summed E-state index contributed by atoms with van der Waals surface area (Å²) in [5, 5.41) is 0. The van der Waals surface area contributed by atoms with Crippen LogP contribution in [0.25, 0.3) is 17.2 Å². The van der Waals surface area contributed by atoms with E-state index >= 15 is 0 Å². The molecule has 3 aromatic carbocycles. The molecular formula is C26H28N2+2. The Balaban J connectivity index is 1.27. The molecule has 0 radical (unpaired) electrons. The molecule has 0 bridgehead atoms. The Labute approximate surface area is 167 Å². The first-order valence-corrected chi connectivity index (χ1v) is 10.5. The van der Waals surface area contributed by atoms with Crippen LogP contribution in [0.3, 0.4) is 0 Å². The Hall–Kier alpha value is -2.68. The predicted octanol–water partition coefficient (Wildman–Crippen LogP) is 2.25. The molecule has 3 aromatic rings. The van der Waals surface area contributed by atoms with E-state index in [4.69, 9.17) is 0 Å². The van der Waals surface area contributed by atoms with Crippen molar-refractivity contribution in [1.82, 2.24) is 0 Å². The Morgan fingerprint density at radius 2 is 1.25 bits per heavy atom. The summed E-state index contributed by atoms with van der Waals surface area (Å²) in [6, 6.07) is 29.2. The van der Waals surface area contributed by atoms with E-state index in [1.54, 1.807) is 9.80 Å². The van der Waals surface area contributed by atoms with Gasteiger partial charge in [-0.1, -0.05) is 84.9 Å². The number of fused-ring (bicyclic) bond motifs is 3. The average molecular weight is 369 g/mol. The van der Waals surface area contributed by atoms with Gasteiger partial charge in [0.05, 0.1) is 6.54 Å². The van der Waals surface area contributed by atoms with Crippen molar-refractivity contribution in [3.63, 3.8) is 0 Å². The zero-order valence-corrected chi connectivity index (χ0v) is 16.3. The molecule has 140 valence electrons. The molecule has 0 saturated carbocycles. The first-order chi connectivity index (χ1) is 13.9. The Morgan fingerprint density at radius 1 is 0.679 bits per heavy atom. The number of benzene rings is 3. The minimum absolute atomic E-state index is 0.508. The van der Waals surface area contributed by atoms with E-state index in [0.29, 0.717) is 6.04 Å². The molecule has 1 heterocycles. The number of nitrogens with one attached hydrogen (secondary N) is 2. The normalized spacial score (nSPS) is 21.6. The van der Waals surface area contributed by atoms with Crippen molar-refractivity contribution in [3.05, 3.63) is 102 Å². The van der Waals surface area contributed by atoms with E-state index in [9.17, 15) is 0 Å². The topological polar surface area (TPSA) is 8.88 Å². The van der Waals surface area contributed by atoms with Gasteiger partial charge in [-0.05, 0) is 22.8 Å². The van der Waals surface area contributed by atoms with Gasteiger partial charge in [-0.25, -0.2) is 0 Å². The molecule has 0 amide bonds. The lowest BCUT2D eigenvalue weighted by atomic mass is 10.0. The maximum Gasteiger partial charge on any atom is 0.140 e. The van der Waals surface area contributed by atoms with Crippen molar-refractivity contribution in [2.75, 3.05) is 32.7 Å². The molecule has 0 unspecified atom stereocenters. The van der Waals surface area contributed by atoms with Crippen molar-refractivity contribution in [2.45, 2.75) is 6.04 Å². The van der Waals surface area contributed by atoms with Crippen molar-refractivity contribution < 1.29 is 9.80 Å². The van der Waals surface area contributed by atoms with E-state index in [1.165, 1.54) is 54.0 Å². The quantitative estimate of drug-likeness (QED) is 0.699. The Morgan fingerprint density at radius 3 is 1.89 bits per heavy atom. The monoisotopic (exact) mass is 368 g/mol. The first-order valence-electron chi connectivity index (χ1n) is 10.5. The third kappa shape index (κ3) is 3.30. The summed E-state index contributed by atoms with van der Waals surface area (Å²) >= 11 is 0. The van der Waals surface area contributed by atoms with Crippen LogP contribution in [-0.2, 0) is 0 Å². The smallest absolute Gasteiger partial charge is 0.140 e. The molecule has 0 atom stereocenters. The van der Waals surface area contributed by atoms with Crippen LogP contribution in [0.4, 0.5) is 0 Å². The highest BCUT2D eigenvalue weighted by molar-refractivity contribution is 5.77. The number of piperazine rings is 1. The fraction of sp³-hybridized carbons (Fsp3) is 0.231. The number of rotatable bonds is 4. The minimum atomic E-state index is 0.508. The fourth-order valence-corrected chi connectivity index (χ4v) is 4.94. The molecule has 1 saturated heterocycles. The van der Waals surface area contributed by atoms with Gasteiger partial charge < -0.3 is 9.80 Å². The maximum atomic E-state index is 2.34. The van der Waals surface area contributed by atoms with Gasteiger partial charge in [0, 0.05) is 11.1 Å². The summed E-state index contributed by atoms with van der Waals surface area (Å²) < 4.78 is 0. The van der Waals surface area contributed by atoms with Crippen LogP contribution in [0.15, 0.2) is 84.9 Å². The van der Waals surface area contributed by atoms with Gasteiger partial charge in [-0.15, -0.1) is 0 Å². The molecule has 5 rings (SSSR count). The molecule has 0 aromatic heterocycles. The SMILES string of the molecule is C(=C\c1ccccc1)/C[NH+]1CC[NH+](C2c3ccccc3-c3ccccc32)CC1. The lowest BCUT2D eigenvalue weighted by molar-refractivity contribution is -1.02. The first kappa shape index (κ1) is 17.4. The van der Waals surface area contributed by atoms with Gasteiger partial charge in [0.2, 0.25) is 0 Å². The Kier molecular flexibility index (Phi) is 4.82. The lowest BCUT2D eigenvalue weighted by Gasteiger charge is -2.33. The van der Waals surface area contributed by atoms with E-state index in [2.05, 4.69) is 91.0 Å². The van der Waals surface area contributed by atoms with Gasteiger partial charge in [-0.3, -0.25) is 0 Å². The van der Waals surface area contributed by atoms with Gasteiger partial charge in [0.25, 0.3) is 0 Å². The number of quaternary nitrogens is 2. The minimum Gasteiger partial charge on any atom is -0.322 e. The number of hydrogen-bond donors (Lipinski definition) is 2. The predicted molar refractivity (Wildman–Crippen MR) is 115 cm³/mol. The summed E-state index contributed by atoms with van der Waals surface area (Å²) in [4.78, 5) is 3.43. The second-order valence-corrected chi connectivity index (χ2v) is 8.03. The Bertz CT molecular complexity index is 923. The van der Waals surface area contributed by atoms with E-state index in [-0.39, 0.29) is 0 Å². The summed E-state index contributed by atoms with van der Waals surface area (Å²) in [6.45, 7) is 6.09. The standard InChI is InChI=1S/C26H26N2/c1-2-9-21(10-3-1)11-8-16-27-17-19-28(20-18-27)26-24-14-6-4-12-22(24)23-13-5-7-15-25(23)26/h1-15,26H,16-20H2/p+2/b11-8+. The van der Waals surface area contributed by atoms with Crippen LogP contribution >= 0.6 is 0 Å². The van der Waals surface area contributed by atoms with Gasteiger partial charge in [-0.2, -0.15) is 0 Å². The van der Waals surface area contributed by atoms with E-state index in [1.807, 2.05) is 0 Å². The van der Waals surface area contributed by atoms with Crippen LogP contribution in [0.1, 0.15) is 22.7 Å². The second-order valence-electron chi connectivity index (χ2n) is 8.03. The molecule has 1 aliphatic carbocycles. The van der Waals surface area contributed by atoms with Crippen LogP contribution < -0.4 is 9.80 Å². The molecular weight excluding hydrogens is 340 g/mol. The van der Waals surface area contributed by atoms with Crippen LogP contribution in [0, 0.1) is 0 Å². The van der Waals surface area contributed by atoms with Crippen molar-refractivity contribution in [1.29, 1.82) is 0 Å². The van der Waals surface area contributed by atoms with Crippen molar-refractivity contribution in [2.24, 2.45) is 0 Å². The highest BCUT2D eigenvalue weighted by atomic mass is 15.3. The molecule has 2 N–H and O–H groups in total. The molecule has 1 fully saturated rings. The summed E-state index contributed by atoms with van der Waals surface area (Å²) in [5.41, 5.74) is 7.22. The van der Waals surface area contributed by atoms with Crippen molar-refractivity contribution in [3.8, 4) is 11.1 Å². The summed E-state index contributed by atoms with van der Waals surface area (Å²) in [6.07, 6.45) is 4.60. The molecule has 2 nitrogen and oxygen atoms in total. The highest BCUT2D eigenvalue weighted by Crippen LogP contribution is 2.41. The molecule has 28 heavy (non-hydrogen) atoms. The molecule has 2 heteroatoms. The van der Waals surface area contributed by atoms with Gasteiger partial charge in [0.1, 0.15) is 32.2 Å². The zero-order chi connectivity index (χ0) is 18.8. The van der Waals surface area contributed by atoms with E-state index in [0.717, 1.165) is 6.54 Å². The molecule has 0 spiro atoms. The third-order valence-electron chi connectivity index (χ3n) is 6.36. The van der Waals surface area contributed by atoms with Crippen LogP contribution in [-0.4, -0.2) is 32.7 Å². The van der Waals surface area contributed by atoms with Gasteiger partial charge in [0.15, 0.2) is 0 Å². The third-order valence-corrected chi connectivity index (χ3v) is 6.36. The number of hydrogen-bond acceptors (Lipinski definition) is 0. The fourth-order valence-electron chi connectivity index (χ4n) is 4.94. The zero-order valence-electron chi connectivity index (χ0n) is 16.3. The largest absolute Gasteiger partial charge is 0.322 e. The van der Waals surface area contributed by atoms with E-state index < -0.39 is 0 Å². The van der Waals surface area contributed by atoms with Gasteiger partial charge >= 0.3 is 0 Å². The molecule has 1 aliphatic heterocycles.